The molecule has 1 fully saturated rings. The van der Waals surface area contributed by atoms with Gasteiger partial charge in [-0.15, -0.1) is 0 Å². The van der Waals surface area contributed by atoms with Gasteiger partial charge in [0.1, 0.15) is 5.75 Å². The smallest absolute Gasteiger partial charge is 0.282 e. The number of benzene rings is 1. The van der Waals surface area contributed by atoms with E-state index in [1.807, 2.05) is 20.8 Å². The predicted molar refractivity (Wildman–Crippen MR) is 111 cm³/mol. The number of amides is 1. The Bertz CT molecular complexity index is 783. The van der Waals surface area contributed by atoms with Crippen molar-refractivity contribution in [3.05, 3.63) is 29.8 Å². The second-order valence-corrected chi connectivity index (χ2v) is 8.68. The third-order valence-electron chi connectivity index (χ3n) is 5.00. The van der Waals surface area contributed by atoms with Crippen LogP contribution in [0, 0.1) is 0 Å². The van der Waals surface area contributed by atoms with E-state index in [9.17, 15) is 18.0 Å². The fourth-order valence-electron chi connectivity index (χ4n) is 3.31. The van der Waals surface area contributed by atoms with E-state index < -0.39 is 10.2 Å². The summed E-state index contributed by atoms with van der Waals surface area (Å²) in [7, 11) is -3.48. The molecule has 0 spiro atoms. The number of carbonyl (C=O) groups excluding carboxylic acids is 2. The Morgan fingerprint density at radius 2 is 1.55 bits per heavy atom. The van der Waals surface area contributed by atoms with Crippen molar-refractivity contribution in [3.8, 4) is 5.75 Å². The highest BCUT2D eigenvalue weighted by Gasteiger charge is 2.32. The summed E-state index contributed by atoms with van der Waals surface area (Å²) >= 11 is 0. The summed E-state index contributed by atoms with van der Waals surface area (Å²) < 4.78 is 33.3. The molecule has 0 aromatic heterocycles. The number of piperazine rings is 1. The molecule has 1 aromatic carbocycles. The lowest BCUT2D eigenvalue weighted by atomic mass is 10.1. The lowest BCUT2D eigenvalue weighted by Gasteiger charge is -2.36. The summed E-state index contributed by atoms with van der Waals surface area (Å²) in [6.07, 6.45) is 0.250. The molecule has 8 nitrogen and oxygen atoms in total. The van der Waals surface area contributed by atoms with Crippen molar-refractivity contribution in [1.82, 2.24) is 13.5 Å². The fraction of sp³-hybridized carbons (Fsp3) is 0.600. The lowest BCUT2D eigenvalue weighted by molar-refractivity contribution is -0.132. The second kappa shape index (κ2) is 10.7. The molecule has 1 saturated heterocycles. The first kappa shape index (κ1) is 23.3. The van der Waals surface area contributed by atoms with Crippen LogP contribution in [0.1, 0.15) is 44.0 Å². The number of carbonyl (C=O) groups is 2. The van der Waals surface area contributed by atoms with E-state index >= 15 is 0 Å². The van der Waals surface area contributed by atoms with Gasteiger partial charge in [-0.3, -0.25) is 9.59 Å². The van der Waals surface area contributed by atoms with Crippen LogP contribution in [0.4, 0.5) is 0 Å². The molecule has 0 unspecified atom stereocenters. The zero-order chi connectivity index (χ0) is 21.4. The predicted octanol–water partition coefficient (Wildman–Crippen LogP) is 1.78. The Hall–Kier alpha value is -1.97. The minimum atomic E-state index is -3.48. The van der Waals surface area contributed by atoms with Crippen LogP contribution in [-0.2, 0) is 15.0 Å². The van der Waals surface area contributed by atoms with Crippen LogP contribution < -0.4 is 4.74 Å². The zero-order valence-electron chi connectivity index (χ0n) is 17.5. The first-order chi connectivity index (χ1) is 13.8. The quantitative estimate of drug-likeness (QED) is 0.533. The molecule has 0 bridgehead atoms. The van der Waals surface area contributed by atoms with E-state index in [4.69, 9.17) is 4.74 Å². The van der Waals surface area contributed by atoms with Crippen molar-refractivity contribution in [2.24, 2.45) is 0 Å². The van der Waals surface area contributed by atoms with Gasteiger partial charge in [0.05, 0.1) is 6.61 Å². The molecule has 1 aliphatic heterocycles. The first-order valence-corrected chi connectivity index (χ1v) is 11.5. The lowest BCUT2D eigenvalue weighted by Crippen LogP contribution is -2.54. The monoisotopic (exact) mass is 425 g/mol. The van der Waals surface area contributed by atoms with E-state index in [-0.39, 0.29) is 37.6 Å². The Balaban J connectivity index is 1.83. The number of Topliss-reactive ketones (excluding diaryl/α,β-unsaturated/α-hetero) is 1. The Labute approximate surface area is 173 Å². The molecule has 0 atom stereocenters. The summed E-state index contributed by atoms with van der Waals surface area (Å²) in [6.45, 7) is 8.15. The van der Waals surface area contributed by atoms with Gasteiger partial charge in [-0.2, -0.15) is 17.0 Å². The van der Waals surface area contributed by atoms with Crippen molar-refractivity contribution in [2.45, 2.75) is 33.6 Å². The van der Waals surface area contributed by atoms with E-state index in [2.05, 4.69) is 0 Å². The number of hydrogen-bond acceptors (Lipinski definition) is 5. The maximum Gasteiger partial charge on any atom is 0.282 e. The van der Waals surface area contributed by atoms with E-state index in [1.165, 1.54) is 8.61 Å². The van der Waals surface area contributed by atoms with Crippen LogP contribution in [-0.4, -0.2) is 79.5 Å². The largest absolute Gasteiger partial charge is 0.494 e. The standard InChI is InChI=1S/C20H31N3O5S/c1-4-22(5-2)29(26,27)23-15-13-21(14-16-23)20(25)12-11-19(24)17-7-9-18(10-8-17)28-6-3/h7-10H,4-6,11-16H2,1-3H3. The van der Waals surface area contributed by atoms with Crippen molar-refractivity contribution in [2.75, 3.05) is 45.9 Å². The average Bonchev–Trinajstić information content (AvgIpc) is 2.73. The molecule has 29 heavy (non-hydrogen) atoms. The van der Waals surface area contributed by atoms with Crippen molar-refractivity contribution < 1.29 is 22.7 Å². The molecular formula is C20H31N3O5S. The maximum absolute atomic E-state index is 12.6. The van der Waals surface area contributed by atoms with Gasteiger partial charge in [-0.05, 0) is 31.2 Å². The molecule has 2 rings (SSSR count). The van der Waals surface area contributed by atoms with Crippen molar-refractivity contribution in [3.63, 3.8) is 0 Å². The van der Waals surface area contributed by atoms with Gasteiger partial charge < -0.3 is 9.64 Å². The average molecular weight is 426 g/mol. The number of ether oxygens (including phenoxy) is 1. The number of nitrogens with zero attached hydrogens (tertiary/aromatic N) is 3. The number of ketones is 1. The van der Waals surface area contributed by atoms with Gasteiger partial charge >= 0.3 is 0 Å². The molecule has 1 heterocycles. The number of hydrogen-bond donors (Lipinski definition) is 0. The van der Waals surface area contributed by atoms with E-state index in [0.29, 0.717) is 44.1 Å². The topological polar surface area (TPSA) is 87.2 Å². The van der Waals surface area contributed by atoms with Crippen LogP contribution in [0.5, 0.6) is 5.75 Å². The zero-order valence-corrected chi connectivity index (χ0v) is 18.3. The molecular weight excluding hydrogens is 394 g/mol. The first-order valence-electron chi connectivity index (χ1n) is 10.1. The van der Waals surface area contributed by atoms with Crippen LogP contribution in [0.25, 0.3) is 0 Å². The third-order valence-corrected chi connectivity index (χ3v) is 7.19. The van der Waals surface area contributed by atoms with Crippen LogP contribution in [0.2, 0.25) is 0 Å². The maximum atomic E-state index is 12.6. The summed E-state index contributed by atoms with van der Waals surface area (Å²) in [5.41, 5.74) is 0.552. The molecule has 0 N–H and O–H groups in total. The molecule has 0 saturated carbocycles. The van der Waals surface area contributed by atoms with E-state index in [1.54, 1.807) is 29.2 Å². The molecule has 1 aliphatic rings. The van der Waals surface area contributed by atoms with Crippen LogP contribution in [0.3, 0.4) is 0 Å². The van der Waals surface area contributed by atoms with Gasteiger partial charge in [-0.25, -0.2) is 0 Å². The van der Waals surface area contributed by atoms with Crippen molar-refractivity contribution >= 4 is 21.9 Å². The minimum absolute atomic E-state index is 0.0934. The Kier molecular flexibility index (Phi) is 8.60. The fourth-order valence-corrected chi connectivity index (χ4v) is 4.91. The van der Waals surface area contributed by atoms with Crippen LogP contribution >= 0.6 is 0 Å². The summed E-state index contributed by atoms with van der Waals surface area (Å²) in [5.74, 6) is 0.492. The van der Waals surface area contributed by atoms with Crippen LogP contribution in [0.15, 0.2) is 24.3 Å². The molecule has 0 aliphatic carbocycles. The SMILES string of the molecule is CCOc1ccc(C(=O)CCC(=O)N2CCN(S(=O)(=O)N(CC)CC)CC2)cc1. The van der Waals surface area contributed by atoms with Crippen molar-refractivity contribution in [1.29, 1.82) is 0 Å². The number of rotatable bonds is 10. The third kappa shape index (κ3) is 6.01. The van der Waals surface area contributed by atoms with E-state index in [0.717, 1.165) is 0 Å². The Morgan fingerprint density at radius 3 is 2.07 bits per heavy atom. The highest BCUT2D eigenvalue weighted by atomic mass is 32.2. The molecule has 162 valence electrons. The highest BCUT2D eigenvalue weighted by Crippen LogP contribution is 2.16. The molecule has 1 aromatic rings. The summed E-state index contributed by atoms with van der Waals surface area (Å²) in [4.78, 5) is 26.4. The van der Waals surface area contributed by atoms with Gasteiger partial charge in [0.25, 0.3) is 10.2 Å². The molecule has 9 heteroatoms. The summed E-state index contributed by atoms with van der Waals surface area (Å²) in [6, 6.07) is 6.89. The normalized spacial score (nSPS) is 15.5. The van der Waals surface area contributed by atoms with Gasteiger partial charge in [0.15, 0.2) is 5.78 Å². The highest BCUT2D eigenvalue weighted by molar-refractivity contribution is 7.86. The van der Waals surface area contributed by atoms with Gasteiger partial charge in [0, 0.05) is 57.7 Å². The van der Waals surface area contributed by atoms with Gasteiger partial charge in [0.2, 0.25) is 5.91 Å². The molecule has 0 radical (unpaired) electrons. The summed E-state index contributed by atoms with van der Waals surface area (Å²) in [5, 5.41) is 0. The molecule has 1 amide bonds. The minimum Gasteiger partial charge on any atom is -0.494 e. The van der Waals surface area contributed by atoms with Gasteiger partial charge in [-0.1, -0.05) is 13.8 Å². The second-order valence-electron chi connectivity index (χ2n) is 6.75. The Morgan fingerprint density at radius 1 is 0.966 bits per heavy atom.